The number of anilines is 1. The van der Waals surface area contributed by atoms with Crippen molar-refractivity contribution in [3.63, 3.8) is 0 Å². The first-order valence-electron chi connectivity index (χ1n) is 8.04. The highest BCUT2D eigenvalue weighted by molar-refractivity contribution is 7.12. The summed E-state index contributed by atoms with van der Waals surface area (Å²) in [7, 11) is 0. The summed E-state index contributed by atoms with van der Waals surface area (Å²) in [6.07, 6.45) is 0.882. The van der Waals surface area contributed by atoms with Gasteiger partial charge in [0.25, 0.3) is 5.91 Å². The summed E-state index contributed by atoms with van der Waals surface area (Å²) >= 11 is 1.49. The zero-order valence-corrected chi connectivity index (χ0v) is 14.2. The lowest BCUT2D eigenvalue weighted by Crippen LogP contribution is -2.25. The van der Waals surface area contributed by atoms with Crippen LogP contribution in [0.2, 0.25) is 0 Å². The first-order valence-corrected chi connectivity index (χ1v) is 8.92. The van der Waals surface area contributed by atoms with Crippen molar-refractivity contribution in [1.82, 2.24) is 5.32 Å². The van der Waals surface area contributed by atoms with E-state index >= 15 is 0 Å². The van der Waals surface area contributed by atoms with Crippen molar-refractivity contribution >= 4 is 22.9 Å². The number of hydrogen-bond acceptors (Lipinski definition) is 3. The Kier molecular flexibility index (Phi) is 5.64. The average molecular weight is 336 g/mol. The minimum absolute atomic E-state index is 0.00330. The zero-order chi connectivity index (χ0) is 16.6. The van der Waals surface area contributed by atoms with E-state index < -0.39 is 0 Å². The normalized spacial score (nSPS) is 10.3. The van der Waals surface area contributed by atoms with Gasteiger partial charge < -0.3 is 10.6 Å². The molecule has 0 saturated heterocycles. The largest absolute Gasteiger partial charge is 0.385 e. The van der Waals surface area contributed by atoms with Gasteiger partial charge >= 0.3 is 0 Å². The molecule has 0 unspecified atom stereocenters. The lowest BCUT2D eigenvalue weighted by Gasteiger charge is -2.08. The van der Waals surface area contributed by atoms with Gasteiger partial charge in [0.1, 0.15) is 0 Å². The molecule has 2 aromatic carbocycles. The number of thiophene rings is 1. The van der Waals surface area contributed by atoms with Gasteiger partial charge in [-0.05, 0) is 35.6 Å². The van der Waals surface area contributed by atoms with Crippen LogP contribution in [0, 0.1) is 0 Å². The fourth-order valence-electron chi connectivity index (χ4n) is 2.49. The predicted molar refractivity (Wildman–Crippen MR) is 102 cm³/mol. The van der Waals surface area contributed by atoms with Crippen LogP contribution in [0.5, 0.6) is 0 Å². The van der Waals surface area contributed by atoms with Crippen LogP contribution in [-0.4, -0.2) is 19.0 Å². The van der Waals surface area contributed by atoms with Gasteiger partial charge in [0.2, 0.25) is 0 Å². The van der Waals surface area contributed by atoms with E-state index in [4.69, 9.17) is 0 Å². The predicted octanol–water partition coefficient (Wildman–Crippen LogP) is 4.65. The fourth-order valence-corrected chi connectivity index (χ4v) is 3.32. The molecule has 4 heteroatoms. The Bertz CT molecular complexity index is 769. The number of amides is 1. The van der Waals surface area contributed by atoms with E-state index in [1.807, 2.05) is 72.1 Å². The molecule has 1 amide bonds. The molecule has 0 bridgehead atoms. The Morgan fingerprint density at radius 1 is 0.875 bits per heavy atom. The number of para-hydroxylation sites is 1. The molecule has 0 fully saturated rings. The van der Waals surface area contributed by atoms with Crippen LogP contribution in [0.1, 0.15) is 16.1 Å². The summed E-state index contributed by atoms with van der Waals surface area (Å²) in [5.41, 5.74) is 3.18. The topological polar surface area (TPSA) is 41.1 Å². The molecule has 0 aliphatic rings. The molecule has 0 radical (unpaired) electrons. The van der Waals surface area contributed by atoms with Crippen molar-refractivity contribution in [2.24, 2.45) is 0 Å². The summed E-state index contributed by atoms with van der Waals surface area (Å²) in [5.74, 6) is 0.00330. The first kappa shape index (κ1) is 16.3. The Morgan fingerprint density at radius 3 is 2.33 bits per heavy atom. The molecule has 1 aromatic heterocycles. The second-order valence-electron chi connectivity index (χ2n) is 5.43. The minimum atomic E-state index is 0.00330. The molecule has 0 saturated carbocycles. The second-order valence-corrected chi connectivity index (χ2v) is 6.35. The van der Waals surface area contributed by atoms with E-state index in [0.29, 0.717) is 6.54 Å². The fraction of sp³-hybridized carbons (Fsp3) is 0.150. The molecule has 0 aliphatic heterocycles. The van der Waals surface area contributed by atoms with Crippen molar-refractivity contribution in [2.45, 2.75) is 6.42 Å². The third-order valence-corrected chi connectivity index (χ3v) is 4.61. The van der Waals surface area contributed by atoms with E-state index in [9.17, 15) is 4.79 Å². The van der Waals surface area contributed by atoms with Crippen molar-refractivity contribution in [3.05, 3.63) is 77.0 Å². The molecule has 2 N–H and O–H groups in total. The summed E-state index contributed by atoms with van der Waals surface area (Å²) in [4.78, 5) is 13.2. The summed E-state index contributed by atoms with van der Waals surface area (Å²) in [6, 6.07) is 22.1. The standard InChI is InChI=1S/C20H20N2OS/c23-20(22-14-7-13-21-17-10-5-2-6-11-17)19-18(12-15-24-19)16-8-3-1-4-9-16/h1-6,8-12,15,21H,7,13-14H2,(H,22,23). The highest BCUT2D eigenvalue weighted by atomic mass is 32.1. The van der Waals surface area contributed by atoms with E-state index in [2.05, 4.69) is 10.6 Å². The maximum Gasteiger partial charge on any atom is 0.261 e. The quantitative estimate of drug-likeness (QED) is 0.617. The van der Waals surface area contributed by atoms with Crippen LogP contribution in [-0.2, 0) is 0 Å². The van der Waals surface area contributed by atoms with Crippen molar-refractivity contribution in [2.75, 3.05) is 18.4 Å². The van der Waals surface area contributed by atoms with Gasteiger partial charge in [0, 0.05) is 24.3 Å². The molecule has 3 aromatic rings. The van der Waals surface area contributed by atoms with Crippen LogP contribution in [0.25, 0.3) is 11.1 Å². The molecule has 0 spiro atoms. The third kappa shape index (κ3) is 4.24. The maximum absolute atomic E-state index is 12.4. The van der Waals surface area contributed by atoms with Crippen LogP contribution >= 0.6 is 11.3 Å². The van der Waals surface area contributed by atoms with Gasteiger partial charge in [-0.25, -0.2) is 0 Å². The smallest absolute Gasteiger partial charge is 0.261 e. The molecule has 1 heterocycles. The number of nitrogens with one attached hydrogen (secondary N) is 2. The molecule has 24 heavy (non-hydrogen) atoms. The molecular formula is C20H20N2OS. The van der Waals surface area contributed by atoms with Crippen molar-refractivity contribution in [1.29, 1.82) is 0 Å². The first-order chi connectivity index (χ1) is 11.8. The number of carbonyl (C=O) groups is 1. The SMILES string of the molecule is O=C(NCCCNc1ccccc1)c1sccc1-c1ccccc1. The molecule has 0 atom stereocenters. The molecular weight excluding hydrogens is 316 g/mol. The Labute approximate surface area is 146 Å². The summed E-state index contributed by atoms with van der Waals surface area (Å²) in [6.45, 7) is 1.49. The Morgan fingerprint density at radius 2 is 1.58 bits per heavy atom. The van der Waals surface area contributed by atoms with Gasteiger partial charge in [-0.15, -0.1) is 11.3 Å². The van der Waals surface area contributed by atoms with Gasteiger partial charge in [-0.2, -0.15) is 0 Å². The van der Waals surface area contributed by atoms with Crippen molar-refractivity contribution < 1.29 is 4.79 Å². The van der Waals surface area contributed by atoms with Crippen LogP contribution in [0.15, 0.2) is 72.1 Å². The van der Waals surface area contributed by atoms with Crippen LogP contribution < -0.4 is 10.6 Å². The minimum Gasteiger partial charge on any atom is -0.385 e. The van der Waals surface area contributed by atoms with E-state index in [1.54, 1.807) is 0 Å². The van der Waals surface area contributed by atoms with E-state index in [1.165, 1.54) is 11.3 Å². The van der Waals surface area contributed by atoms with E-state index in [-0.39, 0.29) is 5.91 Å². The summed E-state index contributed by atoms with van der Waals surface area (Å²) < 4.78 is 0. The number of carbonyl (C=O) groups excluding carboxylic acids is 1. The summed E-state index contributed by atoms with van der Waals surface area (Å²) in [5, 5.41) is 8.32. The monoisotopic (exact) mass is 336 g/mol. The number of benzene rings is 2. The molecule has 3 nitrogen and oxygen atoms in total. The lowest BCUT2D eigenvalue weighted by atomic mass is 10.1. The van der Waals surface area contributed by atoms with Crippen LogP contribution in [0.4, 0.5) is 5.69 Å². The Hall–Kier alpha value is -2.59. The third-order valence-electron chi connectivity index (χ3n) is 3.70. The average Bonchev–Trinajstić information content (AvgIpc) is 3.13. The number of rotatable bonds is 7. The Balaban J connectivity index is 1.49. The van der Waals surface area contributed by atoms with Gasteiger partial charge in [0.05, 0.1) is 4.88 Å². The van der Waals surface area contributed by atoms with Gasteiger partial charge in [0.15, 0.2) is 0 Å². The molecule has 122 valence electrons. The zero-order valence-electron chi connectivity index (χ0n) is 13.4. The molecule has 3 rings (SSSR count). The molecule has 0 aliphatic carbocycles. The van der Waals surface area contributed by atoms with Crippen LogP contribution in [0.3, 0.4) is 0 Å². The number of hydrogen-bond donors (Lipinski definition) is 2. The maximum atomic E-state index is 12.4. The lowest BCUT2D eigenvalue weighted by molar-refractivity contribution is 0.0958. The van der Waals surface area contributed by atoms with Crippen molar-refractivity contribution in [3.8, 4) is 11.1 Å². The highest BCUT2D eigenvalue weighted by Crippen LogP contribution is 2.27. The van der Waals surface area contributed by atoms with Gasteiger partial charge in [-0.1, -0.05) is 48.5 Å². The van der Waals surface area contributed by atoms with E-state index in [0.717, 1.165) is 34.7 Å². The van der Waals surface area contributed by atoms with Gasteiger partial charge in [-0.3, -0.25) is 4.79 Å². The highest BCUT2D eigenvalue weighted by Gasteiger charge is 2.13. The second kappa shape index (κ2) is 8.31.